The zero-order chi connectivity index (χ0) is 8.72. The standard InChI is InChI=1S/C9H9FN2/c1-6-5-12(11)9-3-2-7(10)4-8(6)9/h2-5H,11H2,1H3. The molecule has 62 valence electrons. The van der Waals surface area contributed by atoms with Gasteiger partial charge >= 0.3 is 0 Å². The number of hydrogen-bond donors (Lipinski definition) is 1. The Morgan fingerprint density at radius 1 is 1.42 bits per heavy atom. The van der Waals surface area contributed by atoms with Gasteiger partial charge in [0.1, 0.15) is 5.82 Å². The number of aryl methyl sites for hydroxylation is 1. The molecule has 0 atom stereocenters. The average Bonchev–Trinajstić information content (AvgIpc) is 2.28. The van der Waals surface area contributed by atoms with E-state index in [4.69, 9.17) is 5.84 Å². The Bertz CT molecular complexity index is 431. The molecule has 0 spiro atoms. The first-order valence-corrected chi connectivity index (χ1v) is 3.71. The van der Waals surface area contributed by atoms with Gasteiger partial charge in [-0.15, -0.1) is 0 Å². The number of nitrogens with zero attached hydrogens (tertiary/aromatic N) is 1. The van der Waals surface area contributed by atoms with Crippen LogP contribution in [0.15, 0.2) is 24.4 Å². The van der Waals surface area contributed by atoms with Gasteiger partial charge in [-0.05, 0) is 30.7 Å². The van der Waals surface area contributed by atoms with Crippen LogP contribution >= 0.6 is 0 Å². The van der Waals surface area contributed by atoms with Crippen molar-refractivity contribution < 1.29 is 4.39 Å². The topological polar surface area (TPSA) is 30.9 Å². The molecule has 0 saturated heterocycles. The van der Waals surface area contributed by atoms with Crippen LogP contribution in [0.2, 0.25) is 0 Å². The first kappa shape index (κ1) is 7.16. The third-order valence-corrected chi connectivity index (χ3v) is 1.99. The Morgan fingerprint density at radius 3 is 2.92 bits per heavy atom. The highest BCUT2D eigenvalue weighted by atomic mass is 19.1. The second kappa shape index (κ2) is 2.24. The third-order valence-electron chi connectivity index (χ3n) is 1.99. The van der Waals surface area contributed by atoms with Crippen molar-refractivity contribution in [2.24, 2.45) is 0 Å². The molecule has 0 bridgehead atoms. The molecule has 0 saturated carbocycles. The lowest BCUT2D eigenvalue weighted by atomic mass is 10.2. The molecule has 1 aromatic carbocycles. The second-order valence-electron chi connectivity index (χ2n) is 2.88. The summed E-state index contributed by atoms with van der Waals surface area (Å²) < 4.78 is 14.3. The molecule has 0 aliphatic heterocycles. The van der Waals surface area contributed by atoms with E-state index in [2.05, 4.69) is 0 Å². The van der Waals surface area contributed by atoms with Gasteiger partial charge in [-0.25, -0.2) is 4.39 Å². The average molecular weight is 164 g/mol. The third kappa shape index (κ3) is 0.863. The highest BCUT2D eigenvalue weighted by Crippen LogP contribution is 2.19. The predicted octanol–water partition coefficient (Wildman–Crippen LogP) is 1.80. The van der Waals surface area contributed by atoms with E-state index in [0.29, 0.717) is 0 Å². The van der Waals surface area contributed by atoms with E-state index in [-0.39, 0.29) is 5.82 Å². The van der Waals surface area contributed by atoms with Crippen LogP contribution < -0.4 is 5.84 Å². The van der Waals surface area contributed by atoms with Crippen LogP contribution in [0, 0.1) is 12.7 Å². The molecule has 2 aromatic rings. The molecule has 0 unspecified atom stereocenters. The first-order valence-electron chi connectivity index (χ1n) is 3.71. The minimum atomic E-state index is -0.225. The molecule has 0 radical (unpaired) electrons. The van der Waals surface area contributed by atoms with E-state index in [1.807, 2.05) is 6.92 Å². The van der Waals surface area contributed by atoms with Crippen LogP contribution in [-0.2, 0) is 0 Å². The lowest BCUT2D eigenvalue weighted by Gasteiger charge is -1.94. The van der Waals surface area contributed by atoms with Gasteiger partial charge in [0.05, 0.1) is 5.52 Å². The van der Waals surface area contributed by atoms with E-state index in [9.17, 15) is 4.39 Å². The lowest BCUT2D eigenvalue weighted by molar-refractivity contribution is 0.629. The molecule has 0 aliphatic rings. The summed E-state index contributed by atoms with van der Waals surface area (Å²) in [4.78, 5) is 0. The maximum Gasteiger partial charge on any atom is 0.123 e. The highest BCUT2D eigenvalue weighted by molar-refractivity contribution is 5.83. The molecule has 2 rings (SSSR count). The minimum absolute atomic E-state index is 0.225. The Labute approximate surface area is 69.4 Å². The van der Waals surface area contributed by atoms with Gasteiger partial charge in [-0.1, -0.05) is 0 Å². The number of halogens is 1. The number of hydrogen-bond acceptors (Lipinski definition) is 1. The van der Waals surface area contributed by atoms with E-state index in [1.165, 1.54) is 16.8 Å². The van der Waals surface area contributed by atoms with Crippen molar-refractivity contribution in [1.82, 2.24) is 4.68 Å². The van der Waals surface area contributed by atoms with Crippen molar-refractivity contribution in [3.05, 3.63) is 35.8 Å². The molecule has 2 nitrogen and oxygen atoms in total. The molecular weight excluding hydrogens is 155 g/mol. The lowest BCUT2D eigenvalue weighted by Crippen LogP contribution is -2.04. The summed E-state index contributed by atoms with van der Waals surface area (Å²) in [5.41, 5.74) is 1.85. The van der Waals surface area contributed by atoms with E-state index in [0.717, 1.165) is 16.5 Å². The molecule has 12 heavy (non-hydrogen) atoms. The number of fused-ring (bicyclic) bond motifs is 1. The number of benzene rings is 1. The van der Waals surface area contributed by atoms with Crippen molar-refractivity contribution in [2.75, 3.05) is 5.84 Å². The number of aromatic nitrogens is 1. The van der Waals surface area contributed by atoms with Crippen LogP contribution in [0.4, 0.5) is 4.39 Å². The van der Waals surface area contributed by atoms with Crippen LogP contribution in [0.5, 0.6) is 0 Å². The van der Waals surface area contributed by atoms with Crippen LogP contribution in [0.25, 0.3) is 10.9 Å². The van der Waals surface area contributed by atoms with E-state index >= 15 is 0 Å². The van der Waals surface area contributed by atoms with Crippen molar-refractivity contribution in [2.45, 2.75) is 6.92 Å². The normalized spacial score (nSPS) is 10.8. The Morgan fingerprint density at radius 2 is 2.17 bits per heavy atom. The van der Waals surface area contributed by atoms with Gasteiger partial charge < -0.3 is 5.84 Å². The number of nitrogens with two attached hydrogens (primary N) is 1. The van der Waals surface area contributed by atoms with Gasteiger partial charge in [-0.2, -0.15) is 0 Å². The largest absolute Gasteiger partial charge is 0.339 e. The molecule has 0 amide bonds. The summed E-state index contributed by atoms with van der Waals surface area (Å²) in [6.07, 6.45) is 1.78. The highest BCUT2D eigenvalue weighted by Gasteiger charge is 2.03. The van der Waals surface area contributed by atoms with Gasteiger partial charge in [0.2, 0.25) is 0 Å². The summed E-state index contributed by atoms with van der Waals surface area (Å²) in [5, 5.41) is 0.873. The van der Waals surface area contributed by atoms with Crippen molar-refractivity contribution in [3.63, 3.8) is 0 Å². The molecule has 1 aromatic heterocycles. The summed E-state index contributed by atoms with van der Waals surface area (Å²) in [7, 11) is 0. The first-order chi connectivity index (χ1) is 5.68. The van der Waals surface area contributed by atoms with Crippen molar-refractivity contribution >= 4 is 10.9 Å². The van der Waals surface area contributed by atoms with Crippen LogP contribution in [0.1, 0.15) is 5.56 Å². The maximum absolute atomic E-state index is 12.8. The van der Waals surface area contributed by atoms with Gasteiger partial charge in [0.15, 0.2) is 0 Å². The van der Waals surface area contributed by atoms with E-state index < -0.39 is 0 Å². The zero-order valence-corrected chi connectivity index (χ0v) is 6.71. The summed E-state index contributed by atoms with van der Waals surface area (Å²) in [6, 6.07) is 4.58. The van der Waals surface area contributed by atoms with Gasteiger partial charge in [-0.3, -0.25) is 4.68 Å². The van der Waals surface area contributed by atoms with Gasteiger partial charge in [0.25, 0.3) is 0 Å². The summed E-state index contributed by atoms with van der Waals surface area (Å²) >= 11 is 0. The van der Waals surface area contributed by atoms with Gasteiger partial charge in [0, 0.05) is 11.6 Å². The molecular formula is C9H9FN2. The molecule has 0 fully saturated rings. The molecule has 1 heterocycles. The number of nitrogen functional groups attached to an aromatic ring is 1. The van der Waals surface area contributed by atoms with E-state index in [1.54, 1.807) is 12.3 Å². The SMILES string of the molecule is Cc1cn(N)c2ccc(F)cc12. The fourth-order valence-corrected chi connectivity index (χ4v) is 1.40. The monoisotopic (exact) mass is 164 g/mol. The van der Waals surface area contributed by atoms with Crippen LogP contribution in [0.3, 0.4) is 0 Å². The van der Waals surface area contributed by atoms with Crippen molar-refractivity contribution in [3.8, 4) is 0 Å². The fraction of sp³-hybridized carbons (Fsp3) is 0.111. The maximum atomic E-state index is 12.8. The predicted molar refractivity (Wildman–Crippen MR) is 46.8 cm³/mol. The smallest absolute Gasteiger partial charge is 0.123 e. The summed E-state index contributed by atoms with van der Waals surface area (Å²) in [6.45, 7) is 1.91. The minimum Gasteiger partial charge on any atom is -0.339 e. The zero-order valence-electron chi connectivity index (χ0n) is 6.71. The second-order valence-corrected chi connectivity index (χ2v) is 2.88. The Kier molecular flexibility index (Phi) is 1.33. The summed E-state index contributed by atoms with van der Waals surface area (Å²) in [5.74, 6) is 5.40. The molecule has 0 aliphatic carbocycles. The molecule has 2 N–H and O–H groups in total. The van der Waals surface area contributed by atoms with Crippen molar-refractivity contribution in [1.29, 1.82) is 0 Å². The molecule has 3 heteroatoms. The van der Waals surface area contributed by atoms with Crippen LogP contribution in [-0.4, -0.2) is 4.68 Å². The fourth-order valence-electron chi connectivity index (χ4n) is 1.40. The Balaban J connectivity index is 2.90. The quantitative estimate of drug-likeness (QED) is 0.591. The number of rotatable bonds is 0. The Hall–Kier alpha value is -1.51.